The van der Waals surface area contributed by atoms with Crippen molar-refractivity contribution in [2.75, 3.05) is 18.1 Å². The highest BCUT2D eigenvalue weighted by Gasteiger charge is 2.32. The van der Waals surface area contributed by atoms with Gasteiger partial charge in [-0.2, -0.15) is 0 Å². The van der Waals surface area contributed by atoms with Crippen LogP contribution in [0.2, 0.25) is 0 Å². The first-order valence-electron chi connectivity index (χ1n) is 6.64. The van der Waals surface area contributed by atoms with E-state index in [-0.39, 0.29) is 12.1 Å². The molecule has 1 atom stereocenters. The molecule has 1 saturated heterocycles. The SMILES string of the molecule is CC1(C)OC[C@H](CSCC(=O)OCc2ccccc2)O1. The molecule has 5 heteroatoms. The Morgan fingerprint density at radius 3 is 2.80 bits per heavy atom. The smallest absolute Gasteiger partial charge is 0.316 e. The van der Waals surface area contributed by atoms with Crippen LogP contribution in [0.25, 0.3) is 0 Å². The fourth-order valence-electron chi connectivity index (χ4n) is 1.90. The summed E-state index contributed by atoms with van der Waals surface area (Å²) in [5, 5.41) is 0. The van der Waals surface area contributed by atoms with E-state index in [0.29, 0.717) is 19.0 Å². The maximum atomic E-state index is 11.6. The molecule has 1 aliphatic heterocycles. The van der Waals surface area contributed by atoms with Crippen molar-refractivity contribution in [3.8, 4) is 0 Å². The molecule has 0 radical (unpaired) electrons. The molecule has 0 amide bonds. The Bertz CT molecular complexity index is 433. The fourth-order valence-corrected chi connectivity index (χ4v) is 2.69. The number of hydrogen-bond donors (Lipinski definition) is 0. The van der Waals surface area contributed by atoms with Crippen LogP contribution in [-0.4, -0.2) is 36.0 Å². The van der Waals surface area contributed by atoms with Gasteiger partial charge < -0.3 is 14.2 Å². The quantitative estimate of drug-likeness (QED) is 0.755. The van der Waals surface area contributed by atoms with E-state index < -0.39 is 5.79 Å². The van der Waals surface area contributed by atoms with E-state index in [2.05, 4.69) is 0 Å². The van der Waals surface area contributed by atoms with Crippen molar-refractivity contribution < 1.29 is 19.0 Å². The van der Waals surface area contributed by atoms with Crippen LogP contribution < -0.4 is 0 Å². The zero-order valence-electron chi connectivity index (χ0n) is 11.8. The Hall–Kier alpha value is -1.04. The largest absolute Gasteiger partial charge is 0.460 e. The van der Waals surface area contributed by atoms with Gasteiger partial charge >= 0.3 is 5.97 Å². The molecule has 0 N–H and O–H groups in total. The van der Waals surface area contributed by atoms with Crippen molar-refractivity contribution in [3.05, 3.63) is 35.9 Å². The minimum atomic E-state index is -0.501. The fraction of sp³-hybridized carbons (Fsp3) is 0.533. The molecule has 1 aromatic rings. The summed E-state index contributed by atoms with van der Waals surface area (Å²) in [6, 6.07) is 9.67. The molecular weight excluding hydrogens is 276 g/mol. The van der Waals surface area contributed by atoms with Crippen molar-refractivity contribution >= 4 is 17.7 Å². The van der Waals surface area contributed by atoms with Gasteiger partial charge in [0.15, 0.2) is 5.79 Å². The first-order chi connectivity index (χ1) is 9.55. The molecule has 0 bridgehead atoms. The van der Waals surface area contributed by atoms with E-state index in [4.69, 9.17) is 14.2 Å². The Kier molecular flexibility index (Phi) is 5.46. The minimum absolute atomic E-state index is 0.0527. The summed E-state index contributed by atoms with van der Waals surface area (Å²) < 4.78 is 16.3. The maximum absolute atomic E-state index is 11.6. The van der Waals surface area contributed by atoms with E-state index in [1.54, 1.807) is 0 Å². The second kappa shape index (κ2) is 7.11. The molecule has 1 fully saturated rings. The van der Waals surface area contributed by atoms with Crippen LogP contribution in [-0.2, 0) is 25.6 Å². The number of benzene rings is 1. The van der Waals surface area contributed by atoms with Crippen molar-refractivity contribution in [1.29, 1.82) is 0 Å². The van der Waals surface area contributed by atoms with Gasteiger partial charge in [0.25, 0.3) is 0 Å². The lowest BCUT2D eigenvalue weighted by atomic mass is 10.2. The van der Waals surface area contributed by atoms with Gasteiger partial charge in [0.1, 0.15) is 6.61 Å². The van der Waals surface area contributed by atoms with Crippen LogP contribution in [0.15, 0.2) is 30.3 Å². The maximum Gasteiger partial charge on any atom is 0.316 e. The number of rotatable bonds is 6. The Morgan fingerprint density at radius 2 is 2.15 bits per heavy atom. The monoisotopic (exact) mass is 296 g/mol. The predicted octanol–water partition coefficient (Wildman–Crippen LogP) is 2.61. The van der Waals surface area contributed by atoms with Gasteiger partial charge in [-0.05, 0) is 19.4 Å². The first-order valence-corrected chi connectivity index (χ1v) is 7.80. The van der Waals surface area contributed by atoms with Gasteiger partial charge in [-0.1, -0.05) is 30.3 Å². The van der Waals surface area contributed by atoms with Crippen LogP contribution in [0.4, 0.5) is 0 Å². The standard InChI is InChI=1S/C15H20O4S/c1-15(2)18-9-13(19-15)10-20-11-14(16)17-8-12-6-4-3-5-7-12/h3-7,13H,8-11H2,1-2H3/t13-/m1/s1. The van der Waals surface area contributed by atoms with Gasteiger partial charge in [-0.25, -0.2) is 0 Å². The molecule has 110 valence electrons. The summed E-state index contributed by atoms with van der Waals surface area (Å²) in [5.41, 5.74) is 1.00. The highest BCUT2D eigenvalue weighted by atomic mass is 32.2. The molecule has 1 aromatic carbocycles. The van der Waals surface area contributed by atoms with Gasteiger partial charge in [0.2, 0.25) is 0 Å². The molecular formula is C15H20O4S. The average Bonchev–Trinajstić information content (AvgIpc) is 2.77. The number of esters is 1. The molecule has 0 saturated carbocycles. The zero-order valence-corrected chi connectivity index (χ0v) is 12.7. The lowest BCUT2D eigenvalue weighted by Crippen LogP contribution is -2.22. The molecule has 0 spiro atoms. The normalized spacial score (nSPS) is 20.8. The van der Waals surface area contributed by atoms with Gasteiger partial charge in [-0.15, -0.1) is 11.8 Å². The van der Waals surface area contributed by atoms with Crippen LogP contribution in [0.3, 0.4) is 0 Å². The third-order valence-corrected chi connectivity index (χ3v) is 3.88. The number of ether oxygens (including phenoxy) is 3. The molecule has 0 aromatic heterocycles. The minimum Gasteiger partial charge on any atom is -0.460 e. The molecule has 1 heterocycles. The van der Waals surface area contributed by atoms with Crippen molar-refractivity contribution in [2.24, 2.45) is 0 Å². The van der Waals surface area contributed by atoms with Gasteiger partial charge in [0.05, 0.1) is 18.5 Å². The molecule has 1 aliphatic rings. The van der Waals surface area contributed by atoms with E-state index in [1.165, 1.54) is 11.8 Å². The number of thioether (sulfide) groups is 1. The number of carbonyl (C=O) groups is 1. The van der Waals surface area contributed by atoms with Crippen molar-refractivity contribution in [1.82, 2.24) is 0 Å². The van der Waals surface area contributed by atoms with Crippen LogP contribution in [0.1, 0.15) is 19.4 Å². The molecule has 0 unspecified atom stereocenters. The topological polar surface area (TPSA) is 44.8 Å². The average molecular weight is 296 g/mol. The summed E-state index contributed by atoms with van der Waals surface area (Å²) in [6.07, 6.45) is 0.0527. The summed E-state index contributed by atoms with van der Waals surface area (Å²) in [4.78, 5) is 11.6. The summed E-state index contributed by atoms with van der Waals surface area (Å²) in [5.74, 6) is 0.382. The zero-order chi connectivity index (χ0) is 14.4. The van der Waals surface area contributed by atoms with Crippen molar-refractivity contribution in [2.45, 2.75) is 32.3 Å². The second-order valence-corrected chi connectivity index (χ2v) is 6.14. The highest BCUT2D eigenvalue weighted by molar-refractivity contribution is 7.99. The summed E-state index contributed by atoms with van der Waals surface area (Å²) in [7, 11) is 0. The molecule has 2 rings (SSSR count). The van der Waals surface area contributed by atoms with Crippen LogP contribution in [0, 0.1) is 0 Å². The predicted molar refractivity (Wildman–Crippen MR) is 78.5 cm³/mol. The second-order valence-electron chi connectivity index (χ2n) is 5.11. The van der Waals surface area contributed by atoms with E-state index >= 15 is 0 Å². The molecule has 20 heavy (non-hydrogen) atoms. The van der Waals surface area contributed by atoms with Crippen LogP contribution in [0.5, 0.6) is 0 Å². The molecule has 4 nitrogen and oxygen atoms in total. The van der Waals surface area contributed by atoms with Gasteiger partial charge in [0, 0.05) is 5.75 Å². The Morgan fingerprint density at radius 1 is 1.40 bits per heavy atom. The molecule has 0 aliphatic carbocycles. The van der Waals surface area contributed by atoms with Crippen LogP contribution >= 0.6 is 11.8 Å². The number of carbonyl (C=O) groups excluding carboxylic acids is 1. The van der Waals surface area contributed by atoms with Crippen molar-refractivity contribution in [3.63, 3.8) is 0 Å². The first kappa shape index (κ1) is 15.4. The Labute approximate surface area is 123 Å². The van der Waals surface area contributed by atoms with E-state index in [1.807, 2.05) is 44.2 Å². The lowest BCUT2D eigenvalue weighted by molar-refractivity contribution is -0.141. The van der Waals surface area contributed by atoms with E-state index in [9.17, 15) is 4.79 Å². The van der Waals surface area contributed by atoms with Gasteiger partial charge in [-0.3, -0.25) is 4.79 Å². The number of hydrogen-bond acceptors (Lipinski definition) is 5. The highest BCUT2D eigenvalue weighted by Crippen LogP contribution is 2.24. The third kappa shape index (κ3) is 5.15. The summed E-state index contributed by atoms with van der Waals surface area (Å²) >= 11 is 1.51. The Balaban J connectivity index is 1.59. The van der Waals surface area contributed by atoms with E-state index in [0.717, 1.165) is 11.3 Å². The third-order valence-electron chi connectivity index (χ3n) is 2.83. The summed E-state index contributed by atoms with van der Waals surface area (Å²) in [6.45, 7) is 4.70. The lowest BCUT2D eigenvalue weighted by Gasteiger charge is -2.16.